The number of nitrogens with one attached hydrogen (secondary N) is 1. The minimum atomic E-state index is -3.83. The highest BCUT2D eigenvalue weighted by Gasteiger charge is 2.10. The van der Waals surface area contributed by atoms with Crippen LogP contribution in [0.2, 0.25) is 0 Å². The molecule has 0 spiro atoms. The van der Waals surface area contributed by atoms with E-state index in [0.29, 0.717) is 4.64 Å². The summed E-state index contributed by atoms with van der Waals surface area (Å²) >= 11 is 4.65. The molecule has 0 aliphatic rings. The molecule has 0 unspecified atom stereocenters. The van der Waals surface area contributed by atoms with Crippen LogP contribution in [0, 0.1) is 16.3 Å². The quantitative estimate of drug-likeness (QED) is 0.647. The monoisotopic (exact) mass is 324 g/mol. The Morgan fingerprint density at radius 2 is 1.79 bits per heavy atom. The summed E-state index contributed by atoms with van der Waals surface area (Å²) in [5.74, 6) is -0.896. The van der Waals surface area contributed by atoms with Crippen molar-refractivity contribution in [1.29, 1.82) is 0 Å². The van der Waals surface area contributed by atoms with Crippen LogP contribution in [0.15, 0.2) is 41.7 Å². The molecule has 0 fully saturated rings. The van der Waals surface area contributed by atoms with Crippen LogP contribution in [-0.4, -0.2) is 18.4 Å². The van der Waals surface area contributed by atoms with Gasteiger partial charge in [0.1, 0.15) is 16.3 Å². The zero-order chi connectivity index (χ0) is 14.5. The molecule has 2 heterocycles. The highest BCUT2D eigenvalue weighted by Crippen LogP contribution is 2.10. The molecule has 0 amide bonds. The molecule has 0 aromatic carbocycles. The molecule has 1 N–H and O–H groups in total. The van der Waals surface area contributed by atoms with Crippen molar-refractivity contribution in [2.75, 3.05) is 0 Å². The molecule has 2 aromatic rings. The Labute approximate surface area is 117 Å². The van der Waals surface area contributed by atoms with Crippen LogP contribution in [0.5, 0.6) is 0 Å². The largest absolute Gasteiger partial charge is 0.350 e. The van der Waals surface area contributed by atoms with Gasteiger partial charge in [-0.15, -0.1) is 0 Å². The first-order valence-corrected chi connectivity index (χ1v) is 7.41. The Morgan fingerprint density at radius 3 is 2.16 bits per heavy atom. The van der Waals surface area contributed by atoms with Crippen LogP contribution in [0.3, 0.4) is 0 Å². The first-order valence-electron chi connectivity index (χ1n) is 4.69. The Balaban J connectivity index is 0.000000200. The number of halogens is 3. The van der Waals surface area contributed by atoms with E-state index in [9.17, 15) is 17.2 Å². The standard InChI is InChI=1S/C5H3ClFNO2S.C5H4FNS/c6-11(9,10)5-2-1-4(7)3-8-5;6-4-1-2-5(8)7-3-4/h1-3H;1-3H,(H,7,8). The van der Waals surface area contributed by atoms with Crippen LogP contribution in [-0.2, 0) is 9.05 Å². The predicted molar refractivity (Wildman–Crippen MR) is 68.8 cm³/mol. The predicted octanol–water partition coefficient (Wildman–Crippen LogP) is 3.03. The zero-order valence-electron chi connectivity index (χ0n) is 9.18. The maximum atomic E-state index is 12.2. The molecule has 0 radical (unpaired) electrons. The maximum absolute atomic E-state index is 12.2. The molecule has 4 nitrogen and oxygen atoms in total. The first kappa shape index (κ1) is 15.7. The molecular formula is C10H7ClF2N2O2S2. The average Bonchev–Trinajstić information content (AvgIpc) is 2.33. The maximum Gasteiger partial charge on any atom is 0.278 e. The van der Waals surface area contributed by atoms with Crippen molar-refractivity contribution in [3.63, 3.8) is 0 Å². The fourth-order valence-corrected chi connectivity index (χ4v) is 1.71. The Bertz CT molecular complexity index is 682. The summed E-state index contributed by atoms with van der Waals surface area (Å²) < 4.78 is 45.8. The first-order chi connectivity index (χ1) is 8.79. The second-order valence-electron chi connectivity index (χ2n) is 3.12. The van der Waals surface area contributed by atoms with Crippen molar-refractivity contribution in [1.82, 2.24) is 9.97 Å². The van der Waals surface area contributed by atoms with Gasteiger partial charge in [-0.2, -0.15) is 0 Å². The lowest BCUT2D eigenvalue weighted by Gasteiger charge is -1.92. The Morgan fingerprint density at radius 1 is 1.16 bits per heavy atom. The molecular weight excluding hydrogens is 318 g/mol. The number of nitrogens with zero attached hydrogens (tertiary/aromatic N) is 1. The Kier molecular flexibility index (Phi) is 5.52. The van der Waals surface area contributed by atoms with E-state index in [2.05, 4.69) is 22.2 Å². The van der Waals surface area contributed by atoms with E-state index in [1.54, 1.807) is 0 Å². The number of hydrogen-bond acceptors (Lipinski definition) is 4. The van der Waals surface area contributed by atoms with Crippen LogP contribution in [0.25, 0.3) is 0 Å². The van der Waals surface area contributed by atoms with Crippen molar-refractivity contribution in [3.8, 4) is 0 Å². The van der Waals surface area contributed by atoms with Crippen LogP contribution in [0.4, 0.5) is 8.78 Å². The average molecular weight is 325 g/mol. The SMILES string of the molecule is Fc1ccc(=S)[nH]c1.O=S(=O)(Cl)c1ccc(F)cn1. The lowest BCUT2D eigenvalue weighted by molar-refractivity contribution is 0.599. The van der Waals surface area contributed by atoms with Gasteiger partial charge in [-0.05, 0) is 24.3 Å². The molecule has 102 valence electrons. The third-order valence-corrected chi connectivity index (χ3v) is 3.17. The number of pyridine rings is 2. The summed E-state index contributed by atoms with van der Waals surface area (Å²) in [4.78, 5) is 5.79. The van der Waals surface area contributed by atoms with Gasteiger partial charge < -0.3 is 4.98 Å². The molecule has 0 aliphatic heterocycles. The number of aromatic nitrogens is 2. The number of aromatic amines is 1. The zero-order valence-corrected chi connectivity index (χ0v) is 11.6. The summed E-state index contributed by atoms with van der Waals surface area (Å²) in [7, 11) is 1.07. The van der Waals surface area contributed by atoms with Crippen molar-refractivity contribution >= 4 is 32.0 Å². The van der Waals surface area contributed by atoms with Gasteiger partial charge in [-0.3, -0.25) is 0 Å². The lowest BCUT2D eigenvalue weighted by Crippen LogP contribution is -1.94. The van der Waals surface area contributed by atoms with Gasteiger partial charge in [-0.25, -0.2) is 22.2 Å². The van der Waals surface area contributed by atoms with E-state index in [4.69, 9.17) is 10.7 Å². The molecule has 0 bridgehead atoms. The fraction of sp³-hybridized carbons (Fsp3) is 0. The number of H-pyrrole nitrogens is 1. The number of hydrogen-bond donors (Lipinski definition) is 1. The van der Waals surface area contributed by atoms with Crippen LogP contribution < -0.4 is 0 Å². The van der Waals surface area contributed by atoms with Gasteiger partial charge in [0.15, 0.2) is 5.03 Å². The normalized spacial score (nSPS) is 10.5. The highest BCUT2D eigenvalue weighted by atomic mass is 35.7. The van der Waals surface area contributed by atoms with E-state index in [-0.39, 0.29) is 10.8 Å². The Hall–Kier alpha value is -1.38. The summed E-state index contributed by atoms with van der Waals surface area (Å²) in [6.07, 6.45) is 2.01. The van der Waals surface area contributed by atoms with Gasteiger partial charge >= 0.3 is 0 Å². The summed E-state index contributed by atoms with van der Waals surface area (Å²) in [5.41, 5.74) is 0. The van der Waals surface area contributed by atoms with Gasteiger partial charge in [0.25, 0.3) is 9.05 Å². The minimum Gasteiger partial charge on any atom is -0.350 e. The molecule has 2 rings (SSSR count). The third kappa shape index (κ3) is 5.86. The molecule has 0 saturated carbocycles. The fourth-order valence-electron chi connectivity index (χ4n) is 0.898. The second-order valence-corrected chi connectivity index (χ2v) is 6.08. The summed E-state index contributed by atoms with van der Waals surface area (Å²) in [6, 6.07) is 4.80. The van der Waals surface area contributed by atoms with Gasteiger partial charge in [0, 0.05) is 16.9 Å². The molecule has 0 saturated heterocycles. The summed E-state index contributed by atoms with van der Waals surface area (Å²) in [6.45, 7) is 0. The summed E-state index contributed by atoms with van der Waals surface area (Å²) in [5, 5.41) is -0.347. The van der Waals surface area contributed by atoms with Crippen molar-refractivity contribution in [2.24, 2.45) is 0 Å². The van der Waals surface area contributed by atoms with Crippen molar-refractivity contribution in [3.05, 3.63) is 52.9 Å². The smallest absolute Gasteiger partial charge is 0.278 e. The highest BCUT2D eigenvalue weighted by molar-refractivity contribution is 8.13. The van der Waals surface area contributed by atoms with Gasteiger partial charge in [0.05, 0.1) is 6.20 Å². The molecule has 19 heavy (non-hydrogen) atoms. The topological polar surface area (TPSA) is 62.8 Å². The van der Waals surface area contributed by atoms with Crippen molar-refractivity contribution < 1.29 is 17.2 Å². The van der Waals surface area contributed by atoms with Gasteiger partial charge in [0.2, 0.25) is 0 Å². The second kappa shape index (κ2) is 6.69. The minimum absolute atomic E-state index is 0.293. The van der Waals surface area contributed by atoms with E-state index in [1.165, 1.54) is 18.3 Å². The van der Waals surface area contributed by atoms with Gasteiger partial charge in [-0.1, -0.05) is 12.2 Å². The lowest BCUT2D eigenvalue weighted by atomic mass is 10.5. The van der Waals surface area contributed by atoms with Crippen LogP contribution >= 0.6 is 22.9 Å². The van der Waals surface area contributed by atoms with E-state index < -0.39 is 14.9 Å². The van der Waals surface area contributed by atoms with E-state index in [1.807, 2.05) is 0 Å². The third-order valence-electron chi connectivity index (χ3n) is 1.70. The molecule has 9 heteroatoms. The van der Waals surface area contributed by atoms with Crippen molar-refractivity contribution in [2.45, 2.75) is 5.03 Å². The van der Waals surface area contributed by atoms with E-state index >= 15 is 0 Å². The molecule has 0 atom stereocenters. The molecule has 0 aliphatic carbocycles. The number of rotatable bonds is 1. The van der Waals surface area contributed by atoms with E-state index in [0.717, 1.165) is 18.3 Å². The molecule has 2 aromatic heterocycles. The van der Waals surface area contributed by atoms with Crippen LogP contribution in [0.1, 0.15) is 0 Å².